The van der Waals surface area contributed by atoms with Crippen LogP contribution < -0.4 is 0 Å². The van der Waals surface area contributed by atoms with E-state index in [1.54, 1.807) is 6.07 Å². The van der Waals surface area contributed by atoms with Crippen LogP contribution in [0.4, 0.5) is 0 Å². The Morgan fingerprint density at radius 3 is 1.90 bits per heavy atom. The van der Waals surface area contributed by atoms with E-state index in [-0.39, 0.29) is 16.7 Å². The molecule has 0 amide bonds. The van der Waals surface area contributed by atoms with Crippen molar-refractivity contribution in [2.75, 3.05) is 0 Å². The van der Waals surface area contributed by atoms with Crippen LogP contribution >= 0.6 is 0 Å². The Labute approximate surface area is 116 Å². The second kappa shape index (κ2) is 4.17. The highest BCUT2D eigenvalue weighted by Crippen LogP contribution is 2.22. The molecule has 0 fully saturated rings. The molecule has 0 aromatic heterocycles. The molecule has 3 rings (SSSR count). The van der Waals surface area contributed by atoms with Crippen LogP contribution in [0.2, 0.25) is 0 Å². The van der Waals surface area contributed by atoms with Gasteiger partial charge in [0.1, 0.15) is 0 Å². The minimum Gasteiger partial charge on any atom is -0.478 e. The van der Waals surface area contributed by atoms with Gasteiger partial charge in [0.25, 0.3) is 0 Å². The fourth-order valence-corrected chi connectivity index (χ4v) is 2.59. The number of carboxylic acids is 3. The summed E-state index contributed by atoms with van der Waals surface area (Å²) >= 11 is 0. The third-order valence-corrected chi connectivity index (χ3v) is 3.45. The minimum atomic E-state index is -1.26. The second-order valence-corrected chi connectivity index (χ2v) is 4.59. The summed E-state index contributed by atoms with van der Waals surface area (Å²) < 4.78 is 0. The first-order valence-electron chi connectivity index (χ1n) is 5.93. The fraction of sp³-hybridized carbons (Fsp3) is 0. The van der Waals surface area contributed by atoms with Crippen molar-refractivity contribution in [1.82, 2.24) is 0 Å². The van der Waals surface area contributed by atoms with Crippen LogP contribution in [-0.2, 0) is 0 Å². The summed E-state index contributed by atoms with van der Waals surface area (Å²) in [5.41, 5.74) is -0.296. The lowest BCUT2D eigenvalue weighted by Crippen LogP contribution is -2.10. The van der Waals surface area contributed by atoms with Gasteiger partial charge in [0.05, 0.1) is 16.7 Å². The van der Waals surface area contributed by atoms with E-state index in [1.807, 2.05) is 0 Å². The number of rotatable bonds is 3. The average Bonchev–Trinajstić information content (AvgIpc) is 2.42. The summed E-state index contributed by atoms with van der Waals surface area (Å²) in [5, 5.41) is 29.1. The normalized spacial score (nSPS) is 11.0. The molecule has 0 atom stereocenters. The molecule has 0 radical (unpaired) electrons. The summed E-state index contributed by atoms with van der Waals surface area (Å²) in [6, 6.07) is 6.94. The van der Waals surface area contributed by atoms with Crippen LogP contribution in [0.25, 0.3) is 0 Å². The van der Waals surface area contributed by atoms with E-state index in [0.29, 0.717) is 20.9 Å². The summed E-state index contributed by atoms with van der Waals surface area (Å²) in [6.07, 6.45) is 0. The Bertz CT molecular complexity index is 1020. The third kappa shape index (κ3) is 1.69. The summed E-state index contributed by atoms with van der Waals surface area (Å²) in [7, 11) is 0. The largest absolute Gasteiger partial charge is 0.478 e. The van der Waals surface area contributed by atoms with Crippen molar-refractivity contribution in [2.24, 2.45) is 0 Å². The zero-order chi connectivity index (χ0) is 15.3. The lowest BCUT2D eigenvalue weighted by molar-refractivity contribution is 0.0683. The highest BCUT2D eigenvalue weighted by Gasteiger charge is 2.19. The molecule has 0 aliphatic heterocycles. The van der Waals surface area contributed by atoms with Crippen molar-refractivity contribution >= 4 is 17.9 Å². The van der Waals surface area contributed by atoms with Crippen molar-refractivity contribution in [1.29, 1.82) is 0 Å². The van der Waals surface area contributed by atoms with E-state index in [4.69, 9.17) is 5.11 Å². The SMILES string of the molecule is O=C(O)c1cc(C(=O)O)c2c(c1)=c1c(C(=O)O)cccc1=2. The Balaban J connectivity index is 2.57. The molecular formula is C15H8O6. The van der Waals surface area contributed by atoms with E-state index in [0.717, 1.165) is 6.07 Å². The van der Waals surface area contributed by atoms with Crippen LogP contribution in [0.5, 0.6) is 0 Å². The number of carbonyl (C=O) groups is 3. The molecule has 21 heavy (non-hydrogen) atoms. The lowest BCUT2D eigenvalue weighted by Gasteiger charge is -2.11. The Morgan fingerprint density at radius 2 is 1.33 bits per heavy atom. The van der Waals surface area contributed by atoms with Crippen molar-refractivity contribution in [2.45, 2.75) is 0 Å². The predicted molar refractivity (Wildman–Crippen MR) is 69.1 cm³/mol. The van der Waals surface area contributed by atoms with Gasteiger partial charge < -0.3 is 15.3 Å². The first kappa shape index (κ1) is 12.9. The van der Waals surface area contributed by atoms with Crippen LogP contribution in [0.1, 0.15) is 31.1 Å². The van der Waals surface area contributed by atoms with Crippen molar-refractivity contribution in [3.8, 4) is 0 Å². The molecule has 0 bridgehead atoms. The maximum atomic E-state index is 11.3. The molecule has 0 saturated carbocycles. The molecular weight excluding hydrogens is 276 g/mol. The molecule has 0 unspecified atom stereocenters. The standard InChI is InChI=1S/C15H8O6/c16-13(17)6-4-9-11-7(2-1-3-8(11)14(18)19)12(9)10(5-6)15(20)21/h1-5H,(H,16,17)(H,18,19)(H,20,21). The highest BCUT2D eigenvalue weighted by atomic mass is 16.4. The highest BCUT2D eigenvalue weighted by molar-refractivity contribution is 5.95. The van der Waals surface area contributed by atoms with Gasteiger partial charge in [-0.3, -0.25) is 0 Å². The van der Waals surface area contributed by atoms with Crippen LogP contribution in [0.15, 0.2) is 30.3 Å². The van der Waals surface area contributed by atoms with E-state index in [2.05, 4.69) is 0 Å². The lowest BCUT2D eigenvalue weighted by atomic mass is 9.92. The molecule has 3 N–H and O–H groups in total. The van der Waals surface area contributed by atoms with Gasteiger partial charge in [0.15, 0.2) is 0 Å². The monoisotopic (exact) mass is 284 g/mol. The van der Waals surface area contributed by atoms with E-state index in [1.165, 1.54) is 18.2 Å². The molecule has 2 aromatic rings. The zero-order valence-corrected chi connectivity index (χ0v) is 10.5. The molecule has 2 aromatic carbocycles. The van der Waals surface area contributed by atoms with Crippen LogP contribution in [-0.4, -0.2) is 33.2 Å². The summed E-state index contributed by atoms with van der Waals surface area (Å²) in [4.78, 5) is 33.6. The topological polar surface area (TPSA) is 112 Å². The van der Waals surface area contributed by atoms with E-state index >= 15 is 0 Å². The van der Waals surface area contributed by atoms with Crippen LogP contribution in [0, 0.1) is 20.9 Å². The van der Waals surface area contributed by atoms with Gasteiger partial charge in [-0.25, -0.2) is 14.4 Å². The van der Waals surface area contributed by atoms with Gasteiger partial charge in [-0.15, -0.1) is 0 Å². The van der Waals surface area contributed by atoms with Gasteiger partial charge >= 0.3 is 17.9 Å². The molecule has 6 heteroatoms. The number of hydrogen-bond donors (Lipinski definition) is 3. The summed E-state index contributed by atoms with van der Waals surface area (Å²) in [5.74, 6) is -3.66. The molecule has 1 aliphatic rings. The third-order valence-electron chi connectivity index (χ3n) is 3.45. The van der Waals surface area contributed by atoms with Gasteiger partial charge in [-0.05, 0) is 28.6 Å². The van der Waals surface area contributed by atoms with Gasteiger partial charge in [0, 0.05) is 10.4 Å². The average molecular weight is 284 g/mol. The smallest absolute Gasteiger partial charge is 0.336 e. The first-order valence-corrected chi connectivity index (χ1v) is 5.93. The number of hydrogen-bond acceptors (Lipinski definition) is 3. The maximum Gasteiger partial charge on any atom is 0.336 e. The Morgan fingerprint density at radius 1 is 0.714 bits per heavy atom. The number of benzene rings is 2. The van der Waals surface area contributed by atoms with E-state index in [9.17, 15) is 24.6 Å². The van der Waals surface area contributed by atoms with Crippen molar-refractivity contribution < 1.29 is 29.7 Å². The second-order valence-electron chi connectivity index (χ2n) is 4.59. The molecule has 6 nitrogen and oxygen atoms in total. The molecule has 0 heterocycles. The van der Waals surface area contributed by atoms with Gasteiger partial charge in [-0.1, -0.05) is 12.1 Å². The molecule has 0 spiro atoms. The molecule has 0 saturated heterocycles. The number of fused-ring (bicyclic) bond motifs is 2. The van der Waals surface area contributed by atoms with Gasteiger partial charge in [0.2, 0.25) is 0 Å². The van der Waals surface area contributed by atoms with E-state index < -0.39 is 17.9 Å². The van der Waals surface area contributed by atoms with Crippen LogP contribution in [0.3, 0.4) is 0 Å². The zero-order valence-electron chi connectivity index (χ0n) is 10.5. The quantitative estimate of drug-likeness (QED) is 0.674. The Hall–Kier alpha value is -3.15. The maximum absolute atomic E-state index is 11.3. The summed E-state index contributed by atoms with van der Waals surface area (Å²) in [6.45, 7) is 0. The van der Waals surface area contributed by atoms with Crippen molar-refractivity contribution in [3.05, 3.63) is 67.9 Å². The van der Waals surface area contributed by atoms with Gasteiger partial charge in [-0.2, -0.15) is 0 Å². The first-order chi connectivity index (χ1) is 9.91. The number of aromatic carboxylic acids is 3. The minimum absolute atomic E-state index is 0.0267. The molecule has 1 aliphatic carbocycles. The molecule has 104 valence electrons. The Kier molecular flexibility index (Phi) is 2.56. The number of carboxylic acid groups (broad SMARTS) is 3. The van der Waals surface area contributed by atoms with Crippen molar-refractivity contribution in [3.63, 3.8) is 0 Å². The fourth-order valence-electron chi connectivity index (χ4n) is 2.59. The predicted octanol–water partition coefficient (Wildman–Crippen LogP) is 1.67.